The van der Waals surface area contributed by atoms with E-state index in [1.54, 1.807) is 18.8 Å². The van der Waals surface area contributed by atoms with Crippen LogP contribution in [0.25, 0.3) is 11.3 Å². The number of hydrogen-bond acceptors (Lipinski definition) is 4. The minimum Gasteiger partial charge on any atom is -0.472 e. The summed E-state index contributed by atoms with van der Waals surface area (Å²) in [6, 6.07) is 3.97. The number of carbonyl (C=O) groups excluding carboxylic acids is 1. The van der Waals surface area contributed by atoms with Crippen molar-refractivity contribution >= 4 is 5.91 Å². The van der Waals surface area contributed by atoms with Gasteiger partial charge in [-0.25, -0.2) is 0 Å². The molecule has 7 atom stereocenters. The Morgan fingerprint density at radius 1 is 1.10 bits per heavy atom. The minimum atomic E-state index is -0.684. The first-order chi connectivity index (χ1) is 18.3. The summed E-state index contributed by atoms with van der Waals surface area (Å²) < 4.78 is 11.3. The summed E-state index contributed by atoms with van der Waals surface area (Å²) in [6.07, 6.45) is 15.8. The molecule has 0 bridgehead atoms. The predicted octanol–water partition coefficient (Wildman–Crippen LogP) is 7.55. The summed E-state index contributed by atoms with van der Waals surface area (Å²) in [5.41, 5.74) is 10.9. The predicted molar refractivity (Wildman–Crippen MR) is 152 cm³/mol. The van der Waals surface area contributed by atoms with E-state index in [1.807, 2.05) is 19.1 Å². The van der Waals surface area contributed by atoms with Gasteiger partial charge in [0.25, 0.3) is 0 Å². The number of aliphatic hydroxyl groups excluding tert-OH is 1. The topological polar surface area (TPSA) is 89.6 Å². The maximum absolute atomic E-state index is 12.9. The Bertz CT molecular complexity index is 1390. The Labute approximate surface area is 232 Å². The number of allylic oxidation sites excluding steroid dienone is 4. The molecule has 4 aliphatic carbocycles. The van der Waals surface area contributed by atoms with Crippen LogP contribution < -0.4 is 5.73 Å². The molecule has 0 aromatic carbocycles. The molecule has 0 spiro atoms. The van der Waals surface area contributed by atoms with Crippen molar-refractivity contribution in [3.05, 3.63) is 71.4 Å². The average molecular weight is 530 g/mol. The normalized spacial score (nSPS) is 39.3. The summed E-state index contributed by atoms with van der Waals surface area (Å²) in [6.45, 7) is 13.8. The van der Waals surface area contributed by atoms with Crippen LogP contribution in [0.5, 0.6) is 0 Å². The van der Waals surface area contributed by atoms with Gasteiger partial charge in [-0.3, -0.25) is 4.79 Å². The molecule has 3 N–H and O–H groups in total. The first-order valence-corrected chi connectivity index (χ1v) is 14.5. The number of hydrogen-bond donors (Lipinski definition) is 2. The SMILES string of the molecule is CC1=C(C2(C)CCC3C(C)(C(N)=O)C=CC4=CCC(C)(C)CC2C43C)C(O)C[C@H]1c1ccoc1-c1ccoc1. The fourth-order valence-electron chi connectivity index (χ4n) is 9.41. The smallest absolute Gasteiger partial charge is 0.227 e. The number of aliphatic hydroxyl groups is 1. The fraction of sp³-hybridized carbons (Fsp3) is 0.559. The summed E-state index contributed by atoms with van der Waals surface area (Å²) in [4.78, 5) is 12.9. The summed E-state index contributed by atoms with van der Waals surface area (Å²) >= 11 is 0. The van der Waals surface area contributed by atoms with E-state index in [2.05, 4.69) is 52.8 Å². The van der Waals surface area contributed by atoms with Gasteiger partial charge in [0, 0.05) is 11.5 Å². The van der Waals surface area contributed by atoms with Gasteiger partial charge < -0.3 is 19.7 Å². The van der Waals surface area contributed by atoms with Crippen LogP contribution in [-0.4, -0.2) is 17.1 Å². The third kappa shape index (κ3) is 3.65. The maximum atomic E-state index is 12.9. The van der Waals surface area contributed by atoms with Gasteiger partial charge in [0.2, 0.25) is 5.91 Å². The lowest BCUT2D eigenvalue weighted by atomic mass is 9.41. The van der Waals surface area contributed by atoms with E-state index < -0.39 is 11.5 Å². The molecule has 5 heteroatoms. The molecule has 1 saturated carbocycles. The lowest BCUT2D eigenvalue weighted by molar-refractivity contribution is -0.137. The Hall–Kier alpha value is -2.79. The van der Waals surface area contributed by atoms with Gasteiger partial charge in [0.1, 0.15) is 12.0 Å². The highest BCUT2D eigenvalue weighted by molar-refractivity contribution is 5.84. The van der Waals surface area contributed by atoms with Crippen LogP contribution in [-0.2, 0) is 4.79 Å². The highest BCUT2D eigenvalue weighted by atomic mass is 16.3. The zero-order chi connectivity index (χ0) is 28.0. The summed E-state index contributed by atoms with van der Waals surface area (Å²) in [5, 5.41) is 11.8. The van der Waals surface area contributed by atoms with Gasteiger partial charge >= 0.3 is 0 Å². The first-order valence-electron chi connectivity index (χ1n) is 14.5. The number of carbonyl (C=O) groups is 1. The summed E-state index contributed by atoms with van der Waals surface area (Å²) in [7, 11) is 0. The molecule has 208 valence electrons. The van der Waals surface area contributed by atoms with Crippen LogP contribution in [0.1, 0.15) is 85.1 Å². The lowest BCUT2D eigenvalue weighted by Gasteiger charge is -2.62. The van der Waals surface area contributed by atoms with Crippen LogP contribution in [0.4, 0.5) is 0 Å². The Morgan fingerprint density at radius 3 is 2.56 bits per heavy atom. The van der Waals surface area contributed by atoms with E-state index in [4.69, 9.17) is 14.6 Å². The van der Waals surface area contributed by atoms with Crippen LogP contribution in [0.2, 0.25) is 0 Å². The molecule has 5 nitrogen and oxygen atoms in total. The molecule has 2 heterocycles. The van der Waals surface area contributed by atoms with E-state index in [0.29, 0.717) is 6.42 Å². The molecule has 0 radical (unpaired) electrons. The molecule has 6 rings (SSSR count). The zero-order valence-electron chi connectivity index (χ0n) is 24.2. The third-order valence-electron chi connectivity index (χ3n) is 11.5. The largest absolute Gasteiger partial charge is 0.472 e. The van der Waals surface area contributed by atoms with Crippen molar-refractivity contribution in [3.8, 4) is 11.3 Å². The van der Waals surface area contributed by atoms with E-state index in [9.17, 15) is 9.90 Å². The number of amides is 1. The lowest BCUT2D eigenvalue weighted by Crippen LogP contribution is -2.59. The second-order valence-corrected chi connectivity index (χ2v) is 14.2. The monoisotopic (exact) mass is 529 g/mol. The number of furan rings is 2. The molecule has 2 aromatic heterocycles. The minimum absolute atomic E-state index is 0.0805. The Morgan fingerprint density at radius 2 is 1.87 bits per heavy atom. The van der Waals surface area contributed by atoms with Crippen LogP contribution in [0, 0.1) is 33.5 Å². The van der Waals surface area contributed by atoms with Crippen molar-refractivity contribution in [3.63, 3.8) is 0 Å². The highest BCUT2D eigenvalue weighted by Gasteiger charge is 2.64. The quantitative estimate of drug-likeness (QED) is 0.400. The average Bonchev–Trinajstić information content (AvgIpc) is 3.60. The van der Waals surface area contributed by atoms with Gasteiger partial charge in [-0.2, -0.15) is 0 Å². The first kappa shape index (κ1) is 26.4. The number of nitrogens with two attached hydrogens (primary N) is 1. The number of rotatable bonds is 4. The van der Waals surface area contributed by atoms with Gasteiger partial charge in [-0.15, -0.1) is 0 Å². The van der Waals surface area contributed by atoms with Gasteiger partial charge in [0.05, 0.1) is 29.6 Å². The van der Waals surface area contributed by atoms with Crippen LogP contribution in [0.15, 0.2) is 74.7 Å². The van der Waals surface area contributed by atoms with E-state index in [-0.39, 0.29) is 39.9 Å². The molecule has 0 saturated heterocycles. The van der Waals surface area contributed by atoms with Crippen molar-refractivity contribution in [2.45, 2.75) is 85.7 Å². The van der Waals surface area contributed by atoms with Crippen molar-refractivity contribution in [1.29, 1.82) is 0 Å². The molecule has 4 aliphatic rings. The Balaban J connectivity index is 1.49. The zero-order valence-corrected chi connectivity index (χ0v) is 24.2. The fourth-order valence-corrected chi connectivity index (χ4v) is 9.41. The maximum Gasteiger partial charge on any atom is 0.227 e. The van der Waals surface area contributed by atoms with Crippen molar-refractivity contribution in [1.82, 2.24) is 0 Å². The molecular formula is C34H43NO4. The standard InChI is InChI=1S/C34H43NO4/c1-20-24(23-11-16-39-29(23)21-10-15-38-19-21)17-25(36)28(20)32(4)14-9-26-33(5,30(35)37)13-8-22-7-12-31(2,3)18-27(32)34(22,26)6/h7-8,10-11,13,15-16,19,24-27,36H,9,12,14,17-18H2,1-6H3,(H2,35,37)/t24-,25?,26?,27?,32?,33?,34?/m1/s1. The molecular weight excluding hydrogens is 486 g/mol. The van der Waals surface area contributed by atoms with Crippen molar-refractivity contribution < 1.29 is 18.7 Å². The molecule has 1 amide bonds. The highest BCUT2D eigenvalue weighted by Crippen LogP contribution is 2.70. The molecule has 2 aromatic rings. The Kier molecular flexibility index (Phi) is 5.83. The van der Waals surface area contributed by atoms with E-state index in [1.165, 1.54) is 16.7 Å². The van der Waals surface area contributed by atoms with Gasteiger partial charge in [-0.1, -0.05) is 51.5 Å². The number of primary amides is 1. The van der Waals surface area contributed by atoms with Crippen LogP contribution >= 0.6 is 0 Å². The second kappa shape index (κ2) is 8.60. The van der Waals surface area contributed by atoms with E-state index >= 15 is 0 Å². The molecule has 6 unspecified atom stereocenters. The van der Waals surface area contributed by atoms with Gasteiger partial charge in [-0.05, 0) is 97.3 Å². The molecule has 1 fully saturated rings. The van der Waals surface area contributed by atoms with Crippen molar-refractivity contribution in [2.24, 2.45) is 39.2 Å². The third-order valence-corrected chi connectivity index (χ3v) is 11.5. The summed E-state index contributed by atoms with van der Waals surface area (Å²) in [5.74, 6) is 1.04. The van der Waals surface area contributed by atoms with E-state index in [0.717, 1.165) is 42.6 Å². The molecule has 0 aliphatic heterocycles. The molecule has 39 heavy (non-hydrogen) atoms. The van der Waals surface area contributed by atoms with Gasteiger partial charge in [0.15, 0.2) is 0 Å². The second-order valence-electron chi connectivity index (χ2n) is 14.2. The van der Waals surface area contributed by atoms with Crippen LogP contribution in [0.3, 0.4) is 0 Å². The van der Waals surface area contributed by atoms with Crippen molar-refractivity contribution in [2.75, 3.05) is 0 Å².